The Kier molecular flexibility index (Phi) is 9.64. The Labute approximate surface area is 81.7 Å². The third kappa shape index (κ3) is 10.3. The summed E-state index contributed by atoms with van der Waals surface area (Å²) in [5.74, 6) is 3.30. The molecule has 12 heavy (non-hydrogen) atoms. The highest BCUT2D eigenvalue weighted by Gasteiger charge is 1.93. The van der Waals surface area contributed by atoms with Gasteiger partial charge in [0.05, 0.1) is 0 Å². The second-order valence-electron chi connectivity index (χ2n) is 3.65. The molecule has 0 saturated carbocycles. The monoisotopic (exact) mass is 189 g/mol. The van der Waals surface area contributed by atoms with Crippen molar-refractivity contribution in [3.8, 4) is 0 Å². The summed E-state index contributed by atoms with van der Waals surface area (Å²) in [5, 5.41) is 3.14. The fourth-order valence-corrected chi connectivity index (χ4v) is 1.86. The third-order valence-corrected chi connectivity index (χ3v) is 2.89. The fraction of sp³-hybridized carbons (Fsp3) is 1.00. The zero-order valence-corrected chi connectivity index (χ0v) is 9.54. The number of rotatable bonds is 8. The molecule has 0 aromatic rings. The van der Waals surface area contributed by atoms with Gasteiger partial charge in [0.2, 0.25) is 0 Å². The summed E-state index contributed by atoms with van der Waals surface area (Å²) in [6.07, 6.45) is 5.61. The van der Waals surface area contributed by atoms with E-state index in [0.29, 0.717) is 0 Å². The predicted octanol–water partition coefficient (Wildman–Crippen LogP) is 3.11. The maximum atomic E-state index is 3.14. The molecule has 0 aromatic heterocycles. The van der Waals surface area contributed by atoms with Gasteiger partial charge in [-0.05, 0) is 25.1 Å². The quantitative estimate of drug-likeness (QED) is 0.465. The molecule has 0 aliphatic carbocycles. The lowest BCUT2D eigenvalue weighted by Gasteiger charge is -2.03. The van der Waals surface area contributed by atoms with Crippen molar-refractivity contribution in [3.63, 3.8) is 0 Å². The van der Waals surface area contributed by atoms with E-state index in [1.54, 1.807) is 0 Å². The van der Waals surface area contributed by atoms with Crippen LogP contribution in [-0.2, 0) is 0 Å². The van der Waals surface area contributed by atoms with Crippen LogP contribution in [0.25, 0.3) is 0 Å². The average Bonchev–Trinajstić information content (AvgIpc) is 2.02. The topological polar surface area (TPSA) is 12.0 Å². The Morgan fingerprint density at radius 3 is 2.50 bits per heavy atom. The van der Waals surface area contributed by atoms with E-state index in [4.69, 9.17) is 0 Å². The Morgan fingerprint density at radius 1 is 1.17 bits per heavy atom. The van der Waals surface area contributed by atoms with Crippen molar-refractivity contribution in [1.82, 2.24) is 5.32 Å². The van der Waals surface area contributed by atoms with Crippen molar-refractivity contribution in [1.29, 1.82) is 0 Å². The van der Waals surface area contributed by atoms with Crippen LogP contribution >= 0.6 is 11.8 Å². The highest BCUT2D eigenvalue weighted by Crippen LogP contribution is 2.10. The van der Waals surface area contributed by atoms with Crippen molar-refractivity contribution in [2.24, 2.45) is 5.92 Å². The SMILES string of the molecule is CNCSCCCCCC(C)C. The number of nitrogens with one attached hydrogen (secondary N) is 1. The molecule has 1 nitrogen and oxygen atoms in total. The van der Waals surface area contributed by atoms with Gasteiger partial charge in [-0.15, -0.1) is 11.8 Å². The lowest BCUT2D eigenvalue weighted by atomic mass is 10.1. The van der Waals surface area contributed by atoms with Crippen molar-refractivity contribution in [3.05, 3.63) is 0 Å². The van der Waals surface area contributed by atoms with Gasteiger partial charge in [0.25, 0.3) is 0 Å². The summed E-state index contributed by atoms with van der Waals surface area (Å²) < 4.78 is 0. The van der Waals surface area contributed by atoms with Gasteiger partial charge < -0.3 is 5.32 Å². The van der Waals surface area contributed by atoms with E-state index < -0.39 is 0 Å². The molecule has 0 aromatic carbocycles. The van der Waals surface area contributed by atoms with E-state index in [-0.39, 0.29) is 0 Å². The van der Waals surface area contributed by atoms with Gasteiger partial charge in [0.1, 0.15) is 0 Å². The van der Waals surface area contributed by atoms with Crippen molar-refractivity contribution < 1.29 is 0 Å². The lowest BCUT2D eigenvalue weighted by molar-refractivity contribution is 0.535. The standard InChI is InChI=1S/C10H23NS/c1-10(2)7-5-4-6-8-12-9-11-3/h10-11H,4-9H2,1-3H3. The second-order valence-corrected chi connectivity index (χ2v) is 4.75. The Hall–Kier alpha value is 0.310. The first-order valence-corrected chi connectivity index (χ1v) is 6.15. The van der Waals surface area contributed by atoms with Crippen LogP contribution in [0.1, 0.15) is 39.5 Å². The first-order valence-electron chi connectivity index (χ1n) is 4.99. The van der Waals surface area contributed by atoms with Crippen molar-refractivity contribution >= 4 is 11.8 Å². The second kappa shape index (κ2) is 9.40. The summed E-state index contributed by atoms with van der Waals surface area (Å²) in [4.78, 5) is 0. The van der Waals surface area contributed by atoms with Gasteiger partial charge in [-0.3, -0.25) is 0 Å². The van der Waals surface area contributed by atoms with E-state index in [0.717, 1.165) is 11.8 Å². The first-order chi connectivity index (χ1) is 5.77. The number of unbranched alkanes of at least 4 members (excludes halogenated alkanes) is 2. The molecular weight excluding hydrogens is 166 g/mol. The molecule has 0 spiro atoms. The molecule has 74 valence electrons. The fourth-order valence-electron chi connectivity index (χ4n) is 1.11. The minimum Gasteiger partial charge on any atom is -0.311 e. The van der Waals surface area contributed by atoms with Gasteiger partial charge in [0.15, 0.2) is 0 Å². The molecule has 0 atom stereocenters. The van der Waals surface area contributed by atoms with Crippen LogP contribution < -0.4 is 5.32 Å². The minimum atomic E-state index is 0.884. The molecule has 1 N–H and O–H groups in total. The van der Waals surface area contributed by atoms with E-state index in [1.165, 1.54) is 31.4 Å². The molecule has 0 radical (unpaired) electrons. The van der Waals surface area contributed by atoms with Gasteiger partial charge in [0, 0.05) is 5.88 Å². The smallest absolute Gasteiger partial charge is 0.0415 e. The summed E-state index contributed by atoms with van der Waals surface area (Å²) in [5.41, 5.74) is 0. The van der Waals surface area contributed by atoms with Crippen molar-refractivity contribution in [2.75, 3.05) is 18.7 Å². The molecular formula is C10H23NS. The molecule has 0 amide bonds. The highest BCUT2D eigenvalue weighted by molar-refractivity contribution is 7.99. The molecule has 0 fully saturated rings. The largest absolute Gasteiger partial charge is 0.311 e. The molecule has 2 heteroatoms. The van der Waals surface area contributed by atoms with Crippen LogP contribution in [0.5, 0.6) is 0 Å². The highest BCUT2D eigenvalue weighted by atomic mass is 32.2. The number of hydrogen-bond donors (Lipinski definition) is 1. The summed E-state index contributed by atoms with van der Waals surface area (Å²) in [7, 11) is 2.01. The van der Waals surface area contributed by atoms with E-state index in [2.05, 4.69) is 19.2 Å². The molecule has 0 bridgehead atoms. The van der Waals surface area contributed by atoms with Crippen LogP contribution in [0, 0.1) is 5.92 Å². The first kappa shape index (κ1) is 12.3. The summed E-state index contributed by atoms with van der Waals surface area (Å²) in [6.45, 7) is 4.60. The molecule has 0 heterocycles. The minimum absolute atomic E-state index is 0.884. The Balaban J connectivity index is 2.82. The number of hydrogen-bond acceptors (Lipinski definition) is 2. The maximum absolute atomic E-state index is 3.14. The van der Waals surface area contributed by atoms with E-state index in [9.17, 15) is 0 Å². The van der Waals surface area contributed by atoms with E-state index in [1.807, 2.05) is 18.8 Å². The third-order valence-electron chi connectivity index (χ3n) is 1.82. The molecule has 0 aliphatic rings. The molecule has 0 aliphatic heterocycles. The summed E-state index contributed by atoms with van der Waals surface area (Å²) in [6, 6.07) is 0. The van der Waals surface area contributed by atoms with Crippen molar-refractivity contribution in [2.45, 2.75) is 39.5 Å². The molecule has 0 saturated heterocycles. The lowest BCUT2D eigenvalue weighted by Crippen LogP contribution is -2.03. The van der Waals surface area contributed by atoms with Gasteiger partial charge in [-0.1, -0.05) is 33.1 Å². The van der Waals surface area contributed by atoms with Gasteiger partial charge in [-0.25, -0.2) is 0 Å². The Morgan fingerprint density at radius 2 is 1.92 bits per heavy atom. The zero-order valence-electron chi connectivity index (χ0n) is 8.73. The zero-order chi connectivity index (χ0) is 9.23. The molecule has 0 unspecified atom stereocenters. The average molecular weight is 189 g/mol. The van der Waals surface area contributed by atoms with Crippen LogP contribution in [0.15, 0.2) is 0 Å². The number of thioether (sulfide) groups is 1. The van der Waals surface area contributed by atoms with Crippen LogP contribution in [0.4, 0.5) is 0 Å². The maximum Gasteiger partial charge on any atom is 0.0415 e. The molecule has 0 rings (SSSR count). The van der Waals surface area contributed by atoms with Gasteiger partial charge in [-0.2, -0.15) is 0 Å². The van der Waals surface area contributed by atoms with Crippen LogP contribution in [-0.4, -0.2) is 18.7 Å². The van der Waals surface area contributed by atoms with Crippen LogP contribution in [0.3, 0.4) is 0 Å². The van der Waals surface area contributed by atoms with Crippen LogP contribution in [0.2, 0.25) is 0 Å². The Bertz CT molecular complexity index is 83.9. The predicted molar refractivity (Wildman–Crippen MR) is 59.7 cm³/mol. The summed E-state index contributed by atoms with van der Waals surface area (Å²) >= 11 is 2.00. The normalized spacial score (nSPS) is 11.0. The van der Waals surface area contributed by atoms with Gasteiger partial charge >= 0.3 is 0 Å². The van der Waals surface area contributed by atoms with E-state index >= 15 is 0 Å².